The molecule has 0 amide bonds. The van der Waals surface area contributed by atoms with Gasteiger partial charge in [0.25, 0.3) is 0 Å². The number of hydrogen-bond donors (Lipinski definition) is 0. The van der Waals surface area contributed by atoms with Crippen LogP contribution in [0.15, 0.2) is 18.2 Å². The Balaban J connectivity index is 2.30. The van der Waals surface area contributed by atoms with Crippen molar-refractivity contribution in [1.82, 2.24) is 0 Å². The maximum Gasteiger partial charge on any atom is 0.328 e. The highest BCUT2D eigenvalue weighted by Crippen LogP contribution is 2.36. The number of fused-ring (bicyclic) bond motifs is 1. The minimum Gasteiger partial charge on any atom is -0.487 e. The van der Waals surface area contributed by atoms with Gasteiger partial charge in [-0.1, -0.05) is 6.92 Å². The number of anilines is 1. The van der Waals surface area contributed by atoms with Gasteiger partial charge in [0.15, 0.2) is 5.78 Å². The highest BCUT2D eigenvalue weighted by atomic mass is 16.5. The Morgan fingerprint density at radius 3 is 2.70 bits per heavy atom. The fourth-order valence-corrected chi connectivity index (χ4v) is 2.56. The van der Waals surface area contributed by atoms with Gasteiger partial charge in [-0.2, -0.15) is 0 Å². The first-order valence-corrected chi connectivity index (χ1v) is 8.12. The van der Waals surface area contributed by atoms with E-state index in [4.69, 9.17) is 9.47 Å². The van der Waals surface area contributed by atoms with Gasteiger partial charge >= 0.3 is 5.97 Å². The first kappa shape index (κ1) is 17.3. The zero-order valence-corrected chi connectivity index (χ0v) is 14.5. The molecule has 1 aromatic carbocycles. The maximum atomic E-state index is 12.4. The third-order valence-corrected chi connectivity index (χ3v) is 4.16. The van der Waals surface area contributed by atoms with E-state index in [1.54, 1.807) is 18.2 Å². The van der Waals surface area contributed by atoms with Crippen molar-refractivity contribution >= 4 is 17.4 Å². The van der Waals surface area contributed by atoms with Crippen LogP contribution in [0.1, 0.15) is 51.4 Å². The first-order valence-electron chi connectivity index (χ1n) is 8.12. The van der Waals surface area contributed by atoms with Crippen molar-refractivity contribution < 1.29 is 19.1 Å². The number of carbonyl (C=O) groups is 2. The maximum absolute atomic E-state index is 12.4. The number of ether oxygens (including phenoxy) is 2. The monoisotopic (exact) mass is 319 g/mol. The van der Waals surface area contributed by atoms with E-state index in [2.05, 4.69) is 0 Å². The Bertz CT molecular complexity index is 599. The van der Waals surface area contributed by atoms with Gasteiger partial charge in [0.2, 0.25) is 0 Å². The van der Waals surface area contributed by atoms with Crippen molar-refractivity contribution in [3.8, 4) is 5.75 Å². The van der Waals surface area contributed by atoms with E-state index < -0.39 is 6.04 Å². The van der Waals surface area contributed by atoms with Crippen LogP contribution in [-0.4, -0.2) is 36.5 Å². The Morgan fingerprint density at radius 2 is 2.09 bits per heavy atom. The number of benzene rings is 1. The minimum absolute atomic E-state index is 0.0128. The summed E-state index contributed by atoms with van der Waals surface area (Å²) < 4.78 is 11.3. The topological polar surface area (TPSA) is 55.8 Å². The zero-order valence-electron chi connectivity index (χ0n) is 14.5. The Hall–Kier alpha value is -2.04. The molecule has 2 rings (SSSR count). The lowest BCUT2D eigenvalue weighted by Gasteiger charge is -2.38. The Morgan fingerprint density at radius 1 is 1.39 bits per heavy atom. The van der Waals surface area contributed by atoms with E-state index in [0.717, 1.165) is 12.1 Å². The molecule has 126 valence electrons. The molecule has 3 atom stereocenters. The molecule has 0 fully saturated rings. The van der Waals surface area contributed by atoms with Gasteiger partial charge in [-0.3, -0.25) is 4.79 Å². The van der Waals surface area contributed by atoms with Crippen molar-refractivity contribution in [2.75, 3.05) is 11.4 Å². The number of Topliss-reactive ketones (excluding diaryl/α,β-unsaturated/α-hetero) is 1. The number of nitrogens with zero attached hydrogens (tertiary/aromatic N) is 1. The minimum atomic E-state index is -0.434. The lowest BCUT2D eigenvalue weighted by molar-refractivity contribution is -0.149. The van der Waals surface area contributed by atoms with Crippen LogP contribution in [0, 0.1) is 0 Å². The van der Waals surface area contributed by atoms with Crippen LogP contribution in [0.4, 0.5) is 5.69 Å². The summed E-state index contributed by atoms with van der Waals surface area (Å²) in [7, 11) is 0. The highest BCUT2D eigenvalue weighted by molar-refractivity contribution is 5.96. The number of ketones is 1. The molecule has 0 radical (unpaired) electrons. The van der Waals surface area contributed by atoms with Gasteiger partial charge < -0.3 is 14.4 Å². The van der Waals surface area contributed by atoms with Crippen molar-refractivity contribution in [1.29, 1.82) is 0 Å². The Labute approximate surface area is 137 Å². The van der Waals surface area contributed by atoms with Gasteiger partial charge in [0.1, 0.15) is 17.9 Å². The second kappa shape index (κ2) is 7.02. The molecular weight excluding hydrogens is 294 g/mol. The van der Waals surface area contributed by atoms with Crippen LogP contribution < -0.4 is 9.64 Å². The average Bonchev–Trinajstić information content (AvgIpc) is 2.52. The summed E-state index contributed by atoms with van der Waals surface area (Å²) in [4.78, 5) is 26.0. The normalized spacial score (nSPS) is 19.3. The summed E-state index contributed by atoms with van der Waals surface area (Å²) in [5.74, 6) is 0.422. The number of esters is 1. The van der Waals surface area contributed by atoms with Crippen molar-refractivity contribution in [3.05, 3.63) is 23.8 Å². The molecule has 0 bridgehead atoms. The SMILES string of the molecule is CCC(C)OC(=O)C(C)N1CC(C)Oc2ccc(C(C)=O)cc21. The molecule has 5 heteroatoms. The molecule has 0 saturated heterocycles. The molecule has 23 heavy (non-hydrogen) atoms. The molecule has 1 aliphatic heterocycles. The van der Waals surface area contributed by atoms with Crippen LogP contribution in [0.25, 0.3) is 0 Å². The van der Waals surface area contributed by atoms with Crippen LogP contribution in [0.2, 0.25) is 0 Å². The number of hydrogen-bond acceptors (Lipinski definition) is 5. The molecular formula is C18H25NO4. The summed E-state index contributed by atoms with van der Waals surface area (Å²) in [5.41, 5.74) is 1.37. The Kier molecular flexibility index (Phi) is 5.29. The molecule has 0 spiro atoms. The van der Waals surface area contributed by atoms with Gasteiger partial charge in [-0.05, 0) is 52.3 Å². The average molecular weight is 319 g/mol. The van der Waals surface area contributed by atoms with Gasteiger partial charge in [0, 0.05) is 5.56 Å². The highest BCUT2D eigenvalue weighted by Gasteiger charge is 2.31. The summed E-state index contributed by atoms with van der Waals surface area (Å²) >= 11 is 0. The molecule has 0 aliphatic carbocycles. The smallest absolute Gasteiger partial charge is 0.328 e. The van der Waals surface area contributed by atoms with Crippen LogP contribution in [0.3, 0.4) is 0 Å². The lowest BCUT2D eigenvalue weighted by atomic mass is 10.1. The molecule has 0 aromatic heterocycles. The van der Waals surface area contributed by atoms with E-state index in [1.807, 2.05) is 32.6 Å². The van der Waals surface area contributed by atoms with Crippen molar-refractivity contribution in [3.63, 3.8) is 0 Å². The van der Waals surface area contributed by atoms with Gasteiger partial charge in [-0.15, -0.1) is 0 Å². The summed E-state index contributed by atoms with van der Waals surface area (Å²) in [6.07, 6.45) is 0.638. The molecule has 0 N–H and O–H groups in total. The van der Waals surface area contributed by atoms with Crippen LogP contribution in [-0.2, 0) is 9.53 Å². The van der Waals surface area contributed by atoms with E-state index in [1.165, 1.54) is 6.92 Å². The first-order chi connectivity index (χ1) is 10.8. The van der Waals surface area contributed by atoms with Gasteiger partial charge in [0.05, 0.1) is 18.3 Å². The van der Waals surface area contributed by atoms with E-state index >= 15 is 0 Å². The van der Waals surface area contributed by atoms with Crippen molar-refractivity contribution in [2.24, 2.45) is 0 Å². The molecule has 1 aliphatic rings. The molecule has 5 nitrogen and oxygen atoms in total. The second-order valence-electron chi connectivity index (χ2n) is 6.15. The van der Waals surface area contributed by atoms with E-state index in [9.17, 15) is 9.59 Å². The molecule has 1 aromatic rings. The van der Waals surface area contributed by atoms with Crippen LogP contribution >= 0.6 is 0 Å². The molecule has 0 saturated carbocycles. The van der Waals surface area contributed by atoms with Gasteiger partial charge in [-0.25, -0.2) is 4.79 Å². The zero-order chi connectivity index (χ0) is 17.1. The fraction of sp³-hybridized carbons (Fsp3) is 0.556. The lowest BCUT2D eigenvalue weighted by Crippen LogP contribution is -2.48. The summed E-state index contributed by atoms with van der Waals surface area (Å²) in [6.45, 7) is 9.75. The van der Waals surface area contributed by atoms with E-state index in [-0.39, 0.29) is 24.0 Å². The number of rotatable bonds is 5. The van der Waals surface area contributed by atoms with Crippen molar-refractivity contribution in [2.45, 2.75) is 59.3 Å². The quantitative estimate of drug-likeness (QED) is 0.616. The standard InChI is InChI=1S/C18H25NO4/c1-6-11(2)23-18(21)13(4)19-10-12(3)22-17-8-7-15(14(5)20)9-16(17)19/h7-9,11-13H,6,10H2,1-5H3. The third-order valence-electron chi connectivity index (χ3n) is 4.16. The predicted molar refractivity (Wildman–Crippen MR) is 89.2 cm³/mol. The second-order valence-corrected chi connectivity index (χ2v) is 6.15. The van der Waals surface area contributed by atoms with Crippen LogP contribution in [0.5, 0.6) is 5.75 Å². The fourth-order valence-electron chi connectivity index (χ4n) is 2.56. The summed E-state index contributed by atoms with van der Waals surface area (Å²) in [5, 5.41) is 0. The molecule has 1 heterocycles. The number of carbonyl (C=O) groups excluding carboxylic acids is 2. The largest absolute Gasteiger partial charge is 0.487 e. The third kappa shape index (κ3) is 3.84. The van der Waals surface area contributed by atoms with E-state index in [0.29, 0.717) is 17.9 Å². The summed E-state index contributed by atoms with van der Waals surface area (Å²) in [6, 6.07) is 4.90. The molecule has 3 unspecified atom stereocenters. The predicted octanol–water partition coefficient (Wildman–Crippen LogP) is 3.21.